The molecule has 28 heavy (non-hydrogen) atoms. The monoisotopic (exact) mass is 381 g/mol. The first kappa shape index (κ1) is 18.7. The van der Waals surface area contributed by atoms with Crippen molar-refractivity contribution in [3.8, 4) is 0 Å². The van der Waals surface area contributed by atoms with Gasteiger partial charge in [0.2, 0.25) is 5.91 Å². The van der Waals surface area contributed by atoms with Crippen LogP contribution in [0.15, 0.2) is 24.3 Å². The van der Waals surface area contributed by atoms with E-state index in [4.69, 9.17) is 0 Å². The molecule has 1 aromatic heterocycles. The van der Waals surface area contributed by atoms with Crippen LogP contribution < -0.4 is 10.2 Å². The van der Waals surface area contributed by atoms with Crippen LogP contribution in [0.1, 0.15) is 49.0 Å². The molecule has 7 nitrogen and oxygen atoms in total. The number of benzene rings is 1. The Hall–Kier alpha value is -2.70. The second-order valence-electron chi connectivity index (χ2n) is 7.56. The number of fused-ring (bicyclic) bond motifs is 1. The van der Waals surface area contributed by atoms with Crippen molar-refractivity contribution in [1.29, 1.82) is 0 Å². The summed E-state index contributed by atoms with van der Waals surface area (Å²) in [6, 6.07) is 7.87. The van der Waals surface area contributed by atoms with E-state index in [0.29, 0.717) is 25.2 Å². The van der Waals surface area contributed by atoms with E-state index in [2.05, 4.69) is 20.4 Å². The van der Waals surface area contributed by atoms with Gasteiger partial charge < -0.3 is 15.1 Å². The normalized spacial score (nSPS) is 17.4. The van der Waals surface area contributed by atoms with Gasteiger partial charge in [-0.1, -0.05) is 24.3 Å². The minimum atomic E-state index is -0.207. The standard InChI is InChI=1S/C21H27N5O2/c27-18-10-6-14-25(18)15-7-11-22-21(28)19-16-8-2-3-9-17(16)20(24-23-19)26-12-4-1-5-13-26/h2-3,8-9H,1,4-7,10-15H2,(H,22,28). The quantitative estimate of drug-likeness (QED) is 0.777. The van der Waals surface area contributed by atoms with Gasteiger partial charge in [0.05, 0.1) is 0 Å². The molecule has 0 saturated carbocycles. The van der Waals surface area contributed by atoms with Gasteiger partial charge >= 0.3 is 0 Å². The van der Waals surface area contributed by atoms with Crippen LogP contribution in [0.4, 0.5) is 5.82 Å². The van der Waals surface area contributed by atoms with Gasteiger partial charge in [-0.3, -0.25) is 9.59 Å². The van der Waals surface area contributed by atoms with E-state index >= 15 is 0 Å². The molecule has 2 aliphatic rings. The summed E-state index contributed by atoms with van der Waals surface area (Å²) in [6.45, 7) is 4.02. The van der Waals surface area contributed by atoms with Crippen LogP contribution in [-0.4, -0.2) is 59.6 Å². The van der Waals surface area contributed by atoms with E-state index in [0.717, 1.165) is 61.9 Å². The fourth-order valence-corrected chi connectivity index (χ4v) is 4.09. The number of piperidine rings is 1. The number of rotatable bonds is 6. The van der Waals surface area contributed by atoms with Gasteiger partial charge in [0, 0.05) is 49.9 Å². The fraction of sp³-hybridized carbons (Fsp3) is 0.524. The molecule has 4 rings (SSSR count). The second-order valence-corrected chi connectivity index (χ2v) is 7.56. The number of carbonyl (C=O) groups is 2. The predicted molar refractivity (Wildman–Crippen MR) is 108 cm³/mol. The largest absolute Gasteiger partial charge is 0.355 e. The summed E-state index contributed by atoms with van der Waals surface area (Å²) in [5, 5.41) is 13.4. The molecular weight excluding hydrogens is 354 g/mol. The minimum Gasteiger partial charge on any atom is -0.355 e. The molecule has 2 aromatic rings. The zero-order valence-electron chi connectivity index (χ0n) is 16.2. The molecule has 1 N–H and O–H groups in total. The SMILES string of the molecule is O=C(NCCCN1CCCC1=O)c1nnc(N2CCCCC2)c2ccccc12. The van der Waals surface area contributed by atoms with E-state index < -0.39 is 0 Å². The molecule has 2 saturated heterocycles. The smallest absolute Gasteiger partial charge is 0.272 e. The topological polar surface area (TPSA) is 78.4 Å². The summed E-state index contributed by atoms with van der Waals surface area (Å²) in [5.41, 5.74) is 0.369. The van der Waals surface area contributed by atoms with Crippen LogP contribution in [0.5, 0.6) is 0 Å². The molecule has 7 heteroatoms. The zero-order chi connectivity index (χ0) is 19.3. The molecule has 0 unspecified atom stereocenters. The van der Waals surface area contributed by atoms with Crippen molar-refractivity contribution < 1.29 is 9.59 Å². The van der Waals surface area contributed by atoms with Crippen LogP contribution in [0.25, 0.3) is 10.8 Å². The maximum absolute atomic E-state index is 12.7. The molecule has 0 aliphatic carbocycles. The van der Waals surface area contributed by atoms with Gasteiger partial charge in [-0.05, 0) is 32.1 Å². The highest BCUT2D eigenvalue weighted by molar-refractivity contribution is 6.07. The number of carbonyl (C=O) groups excluding carboxylic acids is 2. The number of amides is 2. The molecule has 0 atom stereocenters. The molecule has 3 heterocycles. The summed E-state index contributed by atoms with van der Waals surface area (Å²) in [6.07, 6.45) is 5.92. The average molecular weight is 381 g/mol. The Kier molecular flexibility index (Phi) is 5.69. The number of hydrogen-bond acceptors (Lipinski definition) is 5. The van der Waals surface area contributed by atoms with Crippen LogP contribution in [-0.2, 0) is 4.79 Å². The van der Waals surface area contributed by atoms with Crippen LogP contribution in [0, 0.1) is 0 Å². The van der Waals surface area contributed by atoms with E-state index in [-0.39, 0.29) is 11.8 Å². The lowest BCUT2D eigenvalue weighted by atomic mass is 10.1. The summed E-state index contributed by atoms with van der Waals surface area (Å²) < 4.78 is 0. The van der Waals surface area contributed by atoms with Crippen LogP contribution in [0.3, 0.4) is 0 Å². The molecule has 0 bridgehead atoms. The van der Waals surface area contributed by atoms with Gasteiger partial charge in [0.1, 0.15) is 0 Å². The van der Waals surface area contributed by atoms with Gasteiger partial charge in [-0.15, -0.1) is 10.2 Å². The highest BCUT2D eigenvalue weighted by Gasteiger charge is 2.21. The van der Waals surface area contributed by atoms with Crippen LogP contribution in [0.2, 0.25) is 0 Å². The Bertz CT molecular complexity index is 863. The maximum Gasteiger partial charge on any atom is 0.272 e. The van der Waals surface area contributed by atoms with E-state index in [9.17, 15) is 9.59 Å². The van der Waals surface area contributed by atoms with Gasteiger partial charge in [-0.2, -0.15) is 0 Å². The Morgan fingerprint density at radius 1 is 1.00 bits per heavy atom. The highest BCUT2D eigenvalue weighted by Crippen LogP contribution is 2.27. The third-order valence-corrected chi connectivity index (χ3v) is 5.60. The minimum absolute atomic E-state index is 0.207. The predicted octanol–water partition coefficient (Wildman–Crippen LogP) is 2.36. The lowest BCUT2D eigenvalue weighted by Crippen LogP contribution is -2.32. The molecule has 148 valence electrons. The number of nitrogens with one attached hydrogen (secondary N) is 1. The Morgan fingerprint density at radius 3 is 2.54 bits per heavy atom. The third kappa shape index (κ3) is 3.93. The van der Waals surface area contributed by atoms with Crippen molar-refractivity contribution in [2.75, 3.05) is 37.6 Å². The van der Waals surface area contributed by atoms with Gasteiger partial charge in [-0.25, -0.2) is 0 Å². The van der Waals surface area contributed by atoms with Crippen molar-refractivity contribution >= 4 is 28.4 Å². The number of nitrogens with zero attached hydrogens (tertiary/aromatic N) is 4. The molecule has 1 aromatic carbocycles. The number of anilines is 1. The average Bonchev–Trinajstić information content (AvgIpc) is 3.15. The number of aromatic nitrogens is 2. The van der Waals surface area contributed by atoms with E-state index in [1.807, 2.05) is 29.2 Å². The summed E-state index contributed by atoms with van der Waals surface area (Å²) >= 11 is 0. The van der Waals surface area contributed by atoms with Gasteiger partial charge in [0.15, 0.2) is 11.5 Å². The van der Waals surface area contributed by atoms with Crippen molar-refractivity contribution in [3.63, 3.8) is 0 Å². The first-order valence-electron chi connectivity index (χ1n) is 10.3. The number of likely N-dealkylation sites (tertiary alicyclic amines) is 1. The lowest BCUT2D eigenvalue weighted by molar-refractivity contribution is -0.127. The van der Waals surface area contributed by atoms with Crippen molar-refractivity contribution in [1.82, 2.24) is 20.4 Å². The molecule has 0 radical (unpaired) electrons. The molecule has 2 fully saturated rings. The molecular formula is C21H27N5O2. The van der Waals surface area contributed by atoms with E-state index in [1.165, 1.54) is 6.42 Å². The Morgan fingerprint density at radius 2 is 1.79 bits per heavy atom. The second kappa shape index (κ2) is 8.54. The van der Waals surface area contributed by atoms with Gasteiger partial charge in [0.25, 0.3) is 5.91 Å². The van der Waals surface area contributed by atoms with Crippen molar-refractivity contribution in [2.45, 2.75) is 38.5 Å². The Balaban J connectivity index is 1.44. The molecule has 2 aliphatic heterocycles. The summed E-state index contributed by atoms with van der Waals surface area (Å²) in [5.74, 6) is 0.887. The first-order valence-corrected chi connectivity index (χ1v) is 10.3. The molecule has 2 amide bonds. The number of hydrogen-bond donors (Lipinski definition) is 1. The van der Waals surface area contributed by atoms with Crippen molar-refractivity contribution in [2.24, 2.45) is 0 Å². The first-order chi connectivity index (χ1) is 13.7. The summed E-state index contributed by atoms with van der Waals surface area (Å²) in [7, 11) is 0. The maximum atomic E-state index is 12.7. The van der Waals surface area contributed by atoms with Crippen LogP contribution >= 0.6 is 0 Å². The zero-order valence-corrected chi connectivity index (χ0v) is 16.2. The van der Waals surface area contributed by atoms with Crippen molar-refractivity contribution in [3.05, 3.63) is 30.0 Å². The summed E-state index contributed by atoms with van der Waals surface area (Å²) in [4.78, 5) is 28.5. The fourth-order valence-electron chi connectivity index (χ4n) is 4.09. The molecule has 0 spiro atoms. The highest BCUT2D eigenvalue weighted by atomic mass is 16.2. The third-order valence-electron chi connectivity index (χ3n) is 5.60. The Labute approximate surface area is 165 Å². The van der Waals surface area contributed by atoms with E-state index in [1.54, 1.807) is 0 Å². The lowest BCUT2D eigenvalue weighted by Gasteiger charge is -2.28.